The van der Waals surface area contributed by atoms with Gasteiger partial charge in [0.05, 0.1) is 0 Å². The number of halogens is 2. The molecule has 5 heteroatoms. The summed E-state index contributed by atoms with van der Waals surface area (Å²) in [7, 11) is 0. The molecule has 2 rings (SSSR count). The van der Waals surface area contributed by atoms with Crippen molar-refractivity contribution >= 4 is 22.0 Å². The van der Waals surface area contributed by atoms with Crippen LogP contribution in [-0.2, 0) is 10.3 Å². The van der Waals surface area contributed by atoms with E-state index in [4.69, 9.17) is 0 Å². The Morgan fingerprint density at radius 2 is 2.36 bits per heavy atom. The van der Waals surface area contributed by atoms with Crippen LogP contribution in [0.1, 0.15) is 18.4 Å². The van der Waals surface area contributed by atoms with Crippen LogP contribution in [0.25, 0.3) is 0 Å². The summed E-state index contributed by atoms with van der Waals surface area (Å²) in [6.07, 6.45) is 4.21. The molecule has 1 aromatic heterocycles. The molecular weight excluding hydrogens is 251 g/mol. The van der Waals surface area contributed by atoms with Gasteiger partial charge < -0.3 is 0 Å². The summed E-state index contributed by atoms with van der Waals surface area (Å²) < 4.78 is 14.0. The van der Waals surface area contributed by atoms with Crippen molar-refractivity contribution in [1.82, 2.24) is 4.98 Å². The van der Waals surface area contributed by atoms with Crippen LogP contribution in [0.2, 0.25) is 0 Å². The Labute approximate surface area is 88.2 Å². The van der Waals surface area contributed by atoms with Gasteiger partial charge in [-0.05, 0) is 34.8 Å². The molecule has 3 nitrogen and oxygen atoms in total. The highest BCUT2D eigenvalue weighted by Gasteiger charge is 2.47. The van der Waals surface area contributed by atoms with E-state index in [1.807, 2.05) is 0 Å². The van der Waals surface area contributed by atoms with Gasteiger partial charge in [0.15, 0.2) is 0 Å². The summed E-state index contributed by atoms with van der Waals surface area (Å²) in [4.78, 5) is 17.4. The van der Waals surface area contributed by atoms with Crippen LogP contribution < -0.4 is 0 Å². The summed E-state index contributed by atoms with van der Waals surface area (Å²) in [5.74, 6) is -0.565. The highest BCUT2D eigenvalue weighted by atomic mass is 79.9. The van der Waals surface area contributed by atoms with Crippen LogP contribution in [0.4, 0.5) is 4.39 Å². The number of rotatable bonds is 2. The van der Waals surface area contributed by atoms with Gasteiger partial charge in [-0.1, -0.05) is 0 Å². The Balaban J connectivity index is 2.50. The largest absolute Gasteiger partial charge is 0.235 e. The van der Waals surface area contributed by atoms with Crippen molar-refractivity contribution < 1.29 is 9.18 Å². The highest BCUT2D eigenvalue weighted by Crippen LogP contribution is 2.50. The number of aromatic nitrogens is 1. The van der Waals surface area contributed by atoms with E-state index in [2.05, 4.69) is 25.9 Å². The third-order valence-electron chi connectivity index (χ3n) is 2.29. The molecule has 14 heavy (non-hydrogen) atoms. The van der Waals surface area contributed by atoms with Crippen molar-refractivity contribution in [2.45, 2.75) is 18.4 Å². The number of carbonyl (C=O) groups excluding carboxylic acids is 1. The van der Waals surface area contributed by atoms with Gasteiger partial charge in [0, 0.05) is 16.2 Å². The van der Waals surface area contributed by atoms with Gasteiger partial charge in [0.25, 0.3) is 0 Å². The maximum atomic E-state index is 13.3. The molecular formula is C9H6BrFN2O. The van der Waals surface area contributed by atoms with Crippen molar-refractivity contribution in [2.75, 3.05) is 0 Å². The Morgan fingerprint density at radius 1 is 1.64 bits per heavy atom. The lowest BCUT2D eigenvalue weighted by atomic mass is 10.1. The fraction of sp³-hybridized carbons (Fsp3) is 0.333. The first-order chi connectivity index (χ1) is 6.68. The van der Waals surface area contributed by atoms with Crippen molar-refractivity contribution in [2.24, 2.45) is 4.99 Å². The maximum absolute atomic E-state index is 13.3. The lowest BCUT2D eigenvalue weighted by molar-refractivity contribution is 0.531. The lowest BCUT2D eigenvalue weighted by Crippen LogP contribution is -2.07. The smallest absolute Gasteiger partial charge is 0.227 e. The Hall–Kier alpha value is -1.06. The van der Waals surface area contributed by atoms with Crippen LogP contribution in [0.5, 0.6) is 0 Å². The molecule has 0 spiro atoms. The van der Waals surface area contributed by atoms with E-state index in [-0.39, 0.29) is 0 Å². The summed E-state index contributed by atoms with van der Waals surface area (Å²) in [5, 5.41) is 0. The normalized spacial score (nSPS) is 17.3. The second-order valence-corrected chi connectivity index (χ2v) is 4.14. The molecule has 1 fully saturated rings. The Morgan fingerprint density at radius 3 is 2.93 bits per heavy atom. The van der Waals surface area contributed by atoms with Crippen molar-refractivity contribution in [3.8, 4) is 0 Å². The van der Waals surface area contributed by atoms with E-state index in [0.29, 0.717) is 22.9 Å². The minimum atomic E-state index is -0.692. The minimum absolute atomic E-state index is 0.371. The topological polar surface area (TPSA) is 42.3 Å². The average molecular weight is 257 g/mol. The third kappa shape index (κ3) is 1.49. The molecule has 1 aromatic rings. The molecule has 0 amide bonds. The molecule has 1 saturated carbocycles. The number of isocyanates is 1. The van der Waals surface area contributed by atoms with Gasteiger partial charge in [0.1, 0.15) is 5.54 Å². The van der Waals surface area contributed by atoms with Crippen molar-refractivity contribution in [3.63, 3.8) is 0 Å². The van der Waals surface area contributed by atoms with Crippen LogP contribution in [-0.4, -0.2) is 11.1 Å². The van der Waals surface area contributed by atoms with Gasteiger partial charge in [-0.25, -0.2) is 9.78 Å². The van der Waals surface area contributed by atoms with E-state index >= 15 is 0 Å². The zero-order valence-electron chi connectivity index (χ0n) is 7.13. The monoisotopic (exact) mass is 256 g/mol. The fourth-order valence-electron chi connectivity index (χ4n) is 1.40. The number of aliphatic imine (C=N–C) groups is 1. The second-order valence-electron chi connectivity index (χ2n) is 3.23. The van der Waals surface area contributed by atoms with Crippen molar-refractivity contribution in [1.29, 1.82) is 0 Å². The highest BCUT2D eigenvalue weighted by molar-refractivity contribution is 9.10. The molecule has 0 radical (unpaired) electrons. The first-order valence-electron chi connectivity index (χ1n) is 4.08. The molecule has 0 aromatic carbocycles. The summed E-state index contributed by atoms with van der Waals surface area (Å²) in [6.45, 7) is 0. The molecule has 1 aliphatic rings. The van der Waals surface area contributed by atoms with Crippen LogP contribution in [0.15, 0.2) is 21.7 Å². The van der Waals surface area contributed by atoms with E-state index in [1.165, 1.54) is 12.3 Å². The number of nitrogens with zero attached hydrogens (tertiary/aromatic N) is 2. The number of pyridine rings is 1. The van der Waals surface area contributed by atoms with E-state index in [1.54, 1.807) is 6.07 Å². The van der Waals surface area contributed by atoms with Gasteiger partial charge in [0.2, 0.25) is 12.0 Å². The van der Waals surface area contributed by atoms with Crippen molar-refractivity contribution in [3.05, 3.63) is 28.2 Å². The predicted octanol–water partition coefficient (Wildman–Crippen LogP) is 2.31. The maximum Gasteiger partial charge on any atom is 0.235 e. The second kappa shape index (κ2) is 3.26. The lowest BCUT2D eigenvalue weighted by Gasteiger charge is -2.08. The molecule has 0 atom stereocenters. The molecule has 0 aliphatic heterocycles. The molecule has 1 heterocycles. The van der Waals surface area contributed by atoms with Crippen LogP contribution in [0, 0.1) is 5.95 Å². The van der Waals surface area contributed by atoms with Crippen LogP contribution in [0.3, 0.4) is 0 Å². The molecule has 0 unspecified atom stereocenters. The quantitative estimate of drug-likeness (QED) is 0.463. The van der Waals surface area contributed by atoms with Gasteiger partial charge in [-0.2, -0.15) is 9.38 Å². The zero-order chi connectivity index (χ0) is 10.2. The van der Waals surface area contributed by atoms with Gasteiger partial charge >= 0.3 is 0 Å². The number of hydrogen-bond acceptors (Lipinski definition) is 3. The first-order valence-corrected chi connectivity index (χ1v) is 4.88. The minimum Gasteiger partial charge on any atom is -0.227 e. The standard InChI is InChI=1S/C9H6BrFN2O/c10-6-3-7(8(11)12-4-6)9(1-2-9)13-5-14/h3-4H,1-2H2. The Bertz CT molecular complexity index is 425. The van der Waals surface area contributed by atoms with E-state index in [9.17, 15) is 9.18 Å². The van der Waals surface area contributed by atoms with Crippen LogP contribution >= 0.6 is 15.9 Å². The van der Waals surface area contributed by atoms with Gasteiger partial charge in [-0.15, -0.1) is 0 Å². The van der Waals surface area contributed by atoms with Gasteiger partial charge in [-0.3, -0.25) is 0 Å². The van der Waals surface area contributed by atoms with E-state index in [0.717, 1.165) is 0 Å². The summed E-state index contributed by atoms with van der Waals surface area (Å²) >= 11 is 3.20. The fourth-order valence-corrected chi connectivity index (χ4v) is 1.73. The average Bonchev–Trinajstić information content (AvgIpc) is 2.91. The molecule has 0 bridgehead atoms. The molecule has 72 valence electrons. The summed E-state index contributed by atoms with van der Waals surface area (Å²) in [6, 6.07) is 1.61. The molecule has 0 saturated heterocycles. The molecule has 1 aliphatic carbocycles. The third-order valence-corrected chi connectivity index (χ3v) is 2.72. The zero-order valence-corrected chi connectivity index (χ0v) is 8.71. The predicted molar refractivity (Wildman–Crippen MR) is 50.9 cm³/mol. The first kappa shape index (κ1) is 9.49. The SMILES string of the molecule is O=C=NC1(c2cc(Br)cnc2F)CC1. The number of hydrogen-bond donors (Lipinski definition) is 0. The molecule has 0 N–H and O–H groups in total. The summed E-state index contributed by atoms with van der Waals surface area (Å²) in [5.41, 5.74) is -0.321. The van der Waals surface area contributed by atoms with E-state index < -0.39 is 11.5 Å². The Kier molecular flexibility index (Phi) is 2.21.